The summed E-state index contributed by atoms with van der Waals surface area (Å²) < 4.78 is 1.11. The van der Waals surface area contributed by atoms with Crippen LogP contribution in [0.15, 0.2) is 53.0 Å². The van der Waals surface area contributed by atoms with Gasteiger partial charge in [-0.05, 0) is 43.0 Å². The number of nitrogens with two attached hydrogens (primary N) is 1. The number of benzene rings is 2. The molecule has 2 aromatic carbocycles. The van der Waals surface area contributed by atoms with Crippen molar-refractivity contribution in [3.8, 4) is 0 Å². The minimum atomic E-state index is 0.174. The molecule has 0 fully saturated rings. The van der Waals surface area contributed by atoms with Crippen LogP contribution in [0.2, 0.25) is 0 Å². The number of hydrogen-bond donors (Lipinski definition) is 1. The fourth-order valence-electron chi connectivity index (χ4n) is 2.14. The Bertz CT molecular complexity index is 505. The van der Waals surface area contributed by atoms with Gasteiger partial charge in [-0.2, -0.15) is 0 Å². The van der Waals surface area contributed by atoms with Crippen molar-refractivity contribution in [1.82, 2.24) is 0 Å². The standard InChI is InChI=1S/C16H18BrN/c1-12-3-2-4-14(9-12)11-16(18)10-13-5-7-15(17)8-6-13/h2-9,16H,10-11,18H2,1H3. The van der Waals surface area contributed by atoms with E-state index >= 15 is 0 Å². The molecular formula is C16H18BrN. The predicted molar refractivity (Wildman–Crippen MR) is 80.7 cm³/mol. The maximum Gasteiger partial charge on any atom is 0.0175 e. The highest BCUT2D eigenvalue weighted by Gasteiger charge is 2.05. The van der Waals surface area contributed by atoms with Crippen molar-refractivity contribution < 1.29 is 0 Å². The fourth-order valence-corrected chi connectivity index (χ4v) is 2.40. The van der Waals surface area contributed by atoms with Gasteiger partial charge in [-0.3, -0.25) is 0 Å². The summed E-state index contributed by atoms with van der Waals surface area (Å²) in [6, 6.07) is 17.1. The van der Waals surface area contributed by atoms with Gasteiger partial charge in [-0.25, -0.2) is 0 Å². The summed E-state index contributed by atoms with van der Waals surface area (Å²) in [4.78, 5) is 0. The van der Waals surface area contributed by atoms with Crippen molar-refractivity contribution in [3.63, 3.8) is 0 Å². The molecule has 1 nitrogen and oxygen atoms in total. The molecule has 0 saturated carbocycles. The largest absolute Gasteiger partial charge is 0.327 e. The SMILES string of the molecule is Cc1cccc(CC(N)Cc2ccc(Br)cc2)c1. The first-order valence-corrected chi connectivity index (χ1v) is 6.98. The van der Waals surface area contributed by atoms with Crippen LogP contribution in [0.4, 0.5) is 0 Å². The van der Waals surface area contributed by atoms with Crippen molar-refractivity contribution in [1.29, 1.82) is 0 Å². The van der Waals surface area contributed by atoms with Crippen molar-refractivity contribution in [2.45, 2.75) is 25.8 Å². The van der Waals surface area contributed by atoms with Crippen molar-refractivity contribution in [3.05, 3.63) is 69.7 Å². The minimum absolute atomic E-state index is 0.174. The third-order valence-corrected chi connectivity index (χ3v) is 3.52. The summed E-state index contributed by atoms with van der Waals surface area (Å²) in [7, 11) is 0. The van der Waals surface area contributed by atoms with E-state index in [-0.39, 0.29) is 6.04 Å². The van der Waals surface area contributed by atoms with Crippen LogP contribution < -0.4 is 5.73 Å². The van der Waals surface area contributed by atoms with Gasteiger partial charge >= 0.3 is 0 Å². The highest BCUT2D eigenvalue weighted by molar-refractivity contribution is 9.10. The molecule has 0 aliphatic carbocycles. The first kappa shape index (κ1) is 13.3. The van der Waals surface area contributed by atoms with Gasteiger partial charge in [0.15, 0.2) is 0 Å². The molecule has 2 rings (SSSR count). The summed E-state index contributed by atoms with van der Waals surface area (Å²) in [5.74, 6) is 0. The topological polar surface area (TPSA) is 26.0 Å². The molecule has 1 atom stereocenters. The van der Waals surface area contributed by atoms with Crippen LogP contribution in [0.5, 0.6) is 0 Å². The van der Waals surface area contributed by atoms with E-state index in [1.54, 1.807) is 0 Å². The molecule has 0 spiro atoms. The van der Waals surface area contributed by atoms with E-state index in [1.165, 1.54) is 16.7 Å². The molecule has 0 aliphatic heterocycles. The van der Waals surface area contributed by atoms with Crippen LogP contribution in [0.1, 0.15) is 16.7 Å². The molecule has 2 N–H and O–H groups in total. The Labute approximate surface area is 117 Å². The number of halogens is 1. The van der Waals surface area contributed by atoms with Gasteiger partial charge in [0, 0.05) is 10.5 Å². The van der Waals surface area contributed by atoms with Crippen LogP contribution in [0, 0.1) is 6.92 Å². The second-order valence-electron chi connectivity index (χ2n) is 4.78. The molecule has 2 heteroatoms. The summed E-state index contributed by atoms with van der Waals surface area (Å²) in [6.45, 7) is 2.11. The van der Waals surface area contributed by atoms with Gasteiger partial charge in [0.2, 0.25) is 0 Å². The lowest BCUT2D eigenvalue weighted by atomic mass is 9.99. The lowest BCUT2D eigenvalue weighted by Crippen LogP contribution is -2.25. The summed E-state index contributed by atoms with van der Waals surface area (Å²) in [5.41, 5.74) is 10.1. The summed E-state index contributed by atoms with van der Waals surface area (Å²) >= 11 is 3.44. The van der Waals surface area contributed by atoms with Crippen molar-refractivity contribution in [2.75, 3.05) is 0 Å². The fraction of sp³-hybridized carbons (Fsp3) is 0.250. The first-order chi connectivity index (χ1) is 8.63. The van der Waals surface area contributed by atoms with E-state index in [0.717, 1.165) is 17.3 Å². The normalized spacial score (nSPS) is 12.4. The average molecular weight is 304 g/mol. The van der Waals surface area contributed by atoms with Crippen molar-refractivity contribution >= 4 is 15.9 Å². The third kappa shape index (κ3) is 3.97. The monoisotopic (exact) mass is 303 g/mol. The zero-order chi connectivity index (χ0) is 13.0. The molecule has 0 amide bonds. The van der Waals surface area contributed by atoms with E-state index in [1.807, 2.05) is 0 Å². The average Bonchev–Trinajstić information content (AvgIpc) is 2.32. The van der Waals surface area contributed by atoms with Gasteiger partial charge in [0.05, 0.1) is 0 Å². The molecule has 2 aromatic rings. The van der Waals surface area contributed by atoms with Gasteiger partial charge in [0.25, 0.3) is 0 Å². The molecular weight excluding hydrogens is 286 g/mol. The molecule has 0 radical (unpaired) electrons. The van der Waals surface area contributed by atoms with E-state index in [9.17, 15) is 0 Å². The zero-order valence-electron chi connectivity index (χ0n) is 10.6. The predicted octanol–water partition coefficient (Wildman–Crippen LogP) is 3.87. The molecule has 0 aromatic heterocycles. The van der Waals surface area contributed by atoms with Crippen LogP contribution in [-0.4, -0.2) is 6.04 Å². The first-order valence-electron chi connectivity index (χ1n) is 6.19. The maximum absolute atomic E-state index is 6.21. The molecule has 0 saturated heterocycles. The number of rotatable bonds is 4. The highest BCUT2D eigenvalue weighted by Crippen LogP contribution is 2.13. The Hall–Kier alpha value is -1.12. The molecule has 18 heavy (non-hydrogen) atoms. The van der Waals surface area contributed by atoms with Crippen LogP contribution in [0.25, 0.3) is 0 Å². The Morgan fingerprint density at radius 3 is 2.33 bits per heavy atom. The Kier molecular flexibility index (Phi) is 4.56. The molecule has 0 bridgehead atoms. The number of aryl methyl sites for hydroxylation is 1. The van der Waals surface area contributed by atoms with E-state index in [0.29, 0.717) is 0 Å². The Morgan fingerprint density at radius 1 is 1.00 bits per heavy atom. The van der Waals surface area contributed by atoms with Gasteiger partial charge in [0.1, 0.15) is 0 Å². The van der Waals surface area contributed by atoms with E-state index < -0.39 is 0 Å². The van der Waals surface area contributed by atoms with Crippen LogP contribution in [-0.2, 0) is 12.8 Å². The van der Waals surface area contributed by atoms with Crippen LogP contribution >= 0.6 is 15.9 Å². The number of hydrogen-bond acceptors (Lipinski definition) is 1. The second kappa shape index (κ2) is 6.17. The second-order valence-corrected chi connectivity index (χ2v) is 5.70. The maximum atomic E-state index is 6.21. The van der Waals surface area contributed by atoms with Gasteiger partial charge in [-0.1, -0.05) is 57.9 Å². The summed E-state index contributed by atoms with van der Waals surface area (Å²) in [5, 5.41) is 0. The smallest absolute Gasteiger partial charge is 0.0175 e. The zero-order valence-corrected chi connectivity index (χ0v) is 12.2. The third-order valence-electron chi connectivity index (χ3n) is 2.99. The van der Waals surface area contributed by atoms with Crippen LogP contribution in [0.3, 0.4) is 0 Å². The van der Waals surface area contributed by atoms with E-state index in [4.69, 9.17) is 5.73 Å². The van der Waals surface area contributed by atoms with Gasteiger partial charge < -0.3 is 5.73 Å². The summed E-state index contributed by atoms with van der Waals surface area (Å²) in [6.07, 6.45) is 1.85. The quantitative estimate of drug-likeness (QED) is 0.911. The molecule has 1 unspecified atom stereocenters. The highest BCUT2D eigenvalue weighted by atomic mass is 79.9. The Morgan fingerprint density at radius 2 is 1.67 bits per heavy atom. The Balaban J connectivity index is 1.96. The van der Waals surface area contributed by atoms with Gasteiger partial charge in [-0.15, -0.1) is 0 Å². The van der Waals surface area contributed by atoms with Crippen molar-refractivity contribution in [2.24, 2.45) is 5.73 Å². The minimum Gasteiger partial charge on any atom is -0.327 e. The molecule has 0 heterocycles. The lowest BCUT2D eigenvalue weighted by molar-refractivity contribution is 0.664. The molecule has 94 valence electrons. The van der Waals surface area contributed by atoms with E-state index in [2.05, 4.69) is 71.4 Å². The molecule has 0 aliphatic rings. The lowest BCUT2D eigenvalue weighted by Gasteiger charge is -2.12.